The fraction of sp³-hybridized carbons (Fsp3) is 0.364. The lowest BCUT2D eigenvalue weighted by molar-refractivity contribution is -0.148. The van der Waals surface area contributed by atoms with Gasteiger partial charge in [0.25, 0.3) is 5.24 Å². The molecule has 8 heteroatoms. The van der Waals surface area contributed by atoms with Gasteiger partial charge in [0.2, 0.25) is 5.91 Å². The van der Waals surface area contributed by atoms with Gasteiger partial charge < -0.3 is 9.47 Å². The summed E-state index contributed by atoms with van der Waals surface area (Å²) in [5, 5.41) is 2.00. The Morgan fingerprint density at radius 1 is 1.20 bits per heavy atom. The highest BCUT2D eigenvalue weighted by atomic mass is 32.2. The molecular formula is C22H24N2O5S. The van der Waals surface area contributed by atoms with Crippen molar-refractivity contribution in [3.63, 3.8) is 0 Å². The second kappa shape index (κ2) is 9.30. The van der Waals surface area contributed by atoms with Gasteiger partial charge in [0.1, 0.15) is 17.1 Å². The topological polar surface area (TPSA) is 94.6 Å². The van der Waals surface area contributed by atoms with E-state index in [-0.39, 0.29) is 17.8 Å². The maximum absolute atomic E-state index is 12.0. The van der Waals surface area contributed by atoms with E-state index in [1.165, 1.54) is 6.92 Å². The number of nitrogens with one attached hydrogen (secondary N) is 1. The molecule has 1 fully saturated rings. The number of amides is 2. The number of hydrogen-bond donors (Lipinski definition) is 1. The van der Waals surface area contributed by atoms with Crippen molar-refractivity contribution in [2.24, 2.45) is 0 Å². The Kier molecular flexibility index (Phi) is 6.77. The van der Waals surface area contributed by atoms with Gasteiger partial charge in [-0.15, -0.1) is 0 Å². The third-order valence-electron chi connectivity index (χ3n) is 4.77. The molecule has 1 unspecified atom stereocenters. The summed E-state index contributed by atoms with van der Waals surface area (Å²) in [6.07, 6.45) is 2.39. The predicted octanol–water partition coefficient (Wildman–Crippen LogP) is 3.61. The number of pyridine rings is 1. The van der Waals surface area contributed by atoms with E-state index in [9.17, 15) is 14.4 Å². The number of esters is 1. The third kappa shape index (κ3) is 5.38. The SMILES string of the molecule is CCc1ccc([C@@H](COc2ccc(CC3(C)SC(=O)NC3=O)cc2)OC(C)=O)cn1. The van der Waals surface area contributed by atoms with Crippen molar-refractivity contribution in [1.82, 2.24) is 10.3 Å². The molecule has 1 aromatic heterocycles. The Morgan fingerprint density at radius 2 is 1.93 bits per heavy atom. The number of hydrogen-bond acceptors (Lipinski definition) is 7. The van der Waals surface area contributed by atoms with Gasteiger partial charge in [-0.2, -0.15) is 0 Å². The van der Waals surface area contributed by atoms with Crippen molar-refractivity contribution in [2.45, 2.75) is 44.5 Å². The predicted molar refractivity (Wildman–Crippen MR) is 113 cm³/mol. The number of aromatic nitrogens is 1. The molecule has 1 aromatic carbocycles. The molecule has 1 N–H and O–H groups in total. The van der Waals surface area contributed by atoms with Gasteiger partial charge in [0.15, 0.2) is 6.10 Å². The Balaban J connectivity index is 1.63. The van der Waals surface area contributed by atoms with Crippen molar-refractivity contribution in [3.05, 3.63) is 59.4 Å². The molecule has 30 heavy (non-hydrogen) atoms. The van der Waals surface area contributed by atoms with Crippen LogP contribution < -0.4 is 10.1 Å². The molecule has 2 heterocycles. The van der Waals surface area contributed by atoms with Crippen LogP contribution in [0, 0.1) is 0 Å². The molecule has 7 nitrogen and oxygen atoms in total. The lowest BCUT2D eigenvalue weighted by Crippen LogP contribution is -2.35. The Labute approximate surface area is 179 Å². The van der Waals surface area contributed by atoms with Crippen LogP contribution in [-0.2, 0) is 27.2 Å². The van der Waals surface area contributed by atoms with E-state index in [1.54, 1.807) is 25.3 Å². The van der Waals surface area contributed by atoms with Crippen LogP contribution in [0.1, 0.15) is 43.7 Å². The molecule has 2 atom stereocenters. The first-order chi connectivity index (χ1) is 14.3. The zero-order valence-corrected chi connectivity index (χ0v) is 18.0. The van der Waals surface area contributed by atoms with Crippen LogP contribution in [0.4, 0.5) is 4.79 Å². The summed E-state index contributed by atoms with van der Waals surface area (Å²) in [6.45, 7) is 5.28. The summed E-state index contributed by atoms with van der Waals surface area (Å²) >= 11 is 1.01. The maximum atomic E-state index is 12.0. The molecule has 0 aliphatic carbocycles. The van der Waals surface area contributed by atoms with E-state index in [0.717, 1.165) is 35.0 Å². The number of ether oxygens (including phenoxy) is 2. The molecule has 1 aliphatic rings. The Bertz CT molecular complexity index is 930. The van der Waals surface area contributed by atoms with E-state index < -0.39 is 16.8 Å². The fourth-order valence-corrected chi connectivity index (χ4v) is 4.05. The largest absolute Gasteiger partial charge is 0.489 e. The van der Waals surface area contributed by atoms with Crippen molar-refractivity contribution >= 4 is 28.9 Å². The fourth-order valence-electron chi connectivity index (χ4n) is 3.12. The third-order valence-corrected chi connectivity index (χ3v) is 5.84. The minimum atomic E-state index is -0.808. The summed E-state index contributed by atoms with van der Waals surface area (Å²) in [5.41, 5.74) is 2.64. The second-order valence-corrected chi connectivity index (χ2v) is 8.72. The molecule has 1 aliphatic heterocycles. The first kappa shape index (κ1) is 21.8. The lowest BCUT2D eigenvalue weighted by Gasteiger charge is -2.19. The highest BCUT2D eigenvalue weighted by molar-refractivity contribution is 8.16. The van der Waals surface area contributed by atoms with Crippen LogP contribution in [0.3, 0.4) is 0 Å². The molecule has 2 amide bonds. The number of thioether (sulfide) groups is 1. The minimum absolute atomic E-state index is 0.149. The zero-order chi connectivity index (χ0) is 21.7. The smallest absolute Gasteiger partial charge is 0.303 e. The summed E-state index contributed by atoms with van der Waals surface area (Å²) < 4.78 is 10.4. The van der Waals surface area contributed by atoms with Gasteiger partial charge >= 0.3 is 5.97 Å². The average Bonchev–Trinajstić information content (AvgIpc) is 2.97. The number of imide groups is 1. The van der Waals surface area contributed by atoms with Gasteiger partial charge in [-0.1, -0.05) is 25.1 Å². The number of nitrogens with zero attached hydrogens (tertiary/aromatic N) is 1. The van der Waals surface area contributed by atoms with E-state index >= 15 is 0 Å². The van der Waals surface area contributed by atoms with Gasteiger partial charge in [-0.05, 0) is 55.3 Å². The van der Waals surface area contributed by atoms with Crippen molar-refractivity contribution in [3.8, 4) is 5.75 Å². The van der Waals surface area contributed by atoms with E-state index in [2.05, 4.69) is 10.3 Å². The zero-order valence-electron chi connectivity index (χ0n) is 17.1. The van der Waals surface area contributed by atoms with E-state index in [1.807, 2.05) is 31.2 Å². The van der Waals surface area contributed by atoms with E-state index in [0.29, 0.717) is 12.2 Å². The van der Waals surface area contributed by atoms with Crippen molar-refractivity contribution in [1.29, 1.82) is 0 Å². The highest BCUT2D eigenvalue weighted by Crippen LogP contribution is 2.35. The Morgan fingerprint density at radius 3 is 2.47 bits per heavy atom. The monoisotopic (exact) mass is 428 g/mol. The molecule has 0 bridgehead atoms. The summed E-state index contributed by atoms with van der Waals surface area (Å²) in [4.78, 5) is 39.3. The van der Waals surface area contributed by atoms with Crippen LogP contribution in [0.25, 0.3) is 0 Å². The molecule has 0 radical (unpaired) electrons. The van der Waals surface area contributed by atoms with E-state index in [4.69, 9.17) is 9.47 Å². The average molecular weight is 429 g/mol. The van der Waals surface area contributed by atoms with Gasteiger partial charge in [0.05, 0.1) is 0 Å². The number of rotatable bonds is 8. The highest BCUT2D eigenvalue weighted by Gasteiger charge is 2.43. The van der Waals surface area contributed by atoms with Gasteiger partial charge in [0, 0.05) is 24.4 Å². The molecule has 158 valence electrons. The standard InChI is InChI=1S/C22H24N2O5S/c1-4-17-8-7-16(12-23-17)19(29-14(2)25)13-28-18-9-5-15(6-10-18)11-22(3)20(26)24-21(27)30-22/h5-10,12,19H,4,11,13H2,1-3H3,(H,24,26,27)/t19-,22?/m1/s1. The quantitative estimate of drug-likeness (QED) is 0.642. The first-order valence-corrected chi connectivity index (χ1v) is 10.5. The summed E-state index contributed by atoms with van der Waals surface area (Å²) in [6, 6.07) is 11.1. The summed E-state index contributed by atoms with van der Waals surface area (Å²) in [7, 11) is 0. The van der Waals surface area contributed by atoms with Crippen LogP contribution in [-0.4, -0.2) is 33.5 Å². The van der Waals surface area contributed by atoms with Crippen LogP contribution in [0.15, 0.2) is 42.6 Å². The van der Waals surface area contributed by atoms with Gasteiger partial charge in [-0.3, -0.25) is 24.7 Å². The normalized spacial score (nSPS) is 19.3. The molecule has 0 spiro atoms. The lowest BCUT2D eigenvalue weighted by atomic mass is 9.99. The van der Waals surface area contributed by atoms with Crippen molar-refractivity contribution < 1.29 is 23.9 Å². The Hall–Kier alpha value is -2.87. The summed E-state index contributed by atoms with van der Waals surface area (Å²) in [5.74, 6) is -0.0582. The van der Waals surface area contributed by atoms with Crippen molar-refractivity contribution in [2.75, 3.05) is 6.61 Å². The minimum Gasteiger partial charge on any atom is -0.489 e. The number of benzene rings is 1. The van der Waals surface area contributed by atoms with Crippen LogP contribution in [0.5, 0.6) is 5.75 Å². The molecule has 2 aromatic rings. The van der Waals surface area contributed by atoms with Gasteiger partial charge in [-0.25, -0.2) is 0 Å². The number of aryl methyl sites for hydroxylation is 1. The number of carbonyl (C=O) groups excluding carboxylic acids is 3. The first-order valence-electron chi connectivity index (χ1n) is 9.67. The molecule has 0 saturated carbocycles. The second-order valence-electron chi connectivity index (χ2n) is 7.24. The van der Waals surface area contributed by atoms with Crippen LogP contribution in [0.2, 0.25) is 0 Å². The van der Waals surface area contributed by atoms with Crippen LogP contribution >= 0.6 is 11.8 Å². The molecular weight excluding hydrogens is 404 g/mol. The number of carbonyl (C=O) groups is 3. The maximum Gasteiger partial charge on any atom is 0.303 e. The molecule has 1 saturated heterocycles. The molecule has 3 rings (SSSR count).